The molecule has 1 heterocycles. The van der Waals surface area contributed by atoms with Gasteiger partial charge in [0.2, 0.25) is 11.8 Å². The van der Waals surface area contributed by atoms with Gasteiger partial charge < -0.3 is 10.2 Å². The lowest BCUT2D eigenvalue weighted by molar-refractivity contribution is -0.138. The molecule has 2 aromatic rings. The quantitative estimate of drug-likeness (QED) is 0.774. The zero-order chi connectivity index (χ0) is 18.2. The Morgan fingerprint density at radius 2 is 1.96 bits per heavy atom. The molecule has 25 heavy (non-hydrogen) atoms. The lowest BCUT2D eigenvalue weighted by Crippen LogP contribution is -2.41. The molecule has 1 aromatic heterocycles. The van der Waals surface area contributed by atoms with E-state index in [-0.39, 0.29) is 24.3 Å². The third kappa shape index (κ3) is 5.39. The molecule has 0 aliphatic carbocycles. The van der Waals surface area contributed by atoms with Gasteiger partial charge in [0.05, 0.1) is 12.2 Å². The fraction of sp³-hybridized carbons (Fsp3) is 0.421. The third-order valence-electron chi connectivity index (χ3n) is 3.99. The summed E-state index contributed by atoms with van der Waals surface area (Å²) in [6.07, 6.45) is 1.60. The molecule has 1 N–H and O–H groups in total. The van der Waals surface area contributed by atoms with Crippen LogP contribution in [0.5, 0.6) is 0 Å². The Bertz CT molecular complexity index is 700. The van der Waals surface area contributed by atoms with Crippen molar-refractivity contribution >= 4 is 28.3 Å². The zero-order valence-corrected chi connectivity index (χ0v) is 15.8. The van der Waals surface area contributed by atoms with Crippen molar-refractivity contribution in [3.8, 4) is 11.3 Å². The first-order valence-corrected chi connectivity index (χ1v) is 9.52. The first-order chi connectivity index (χ1) is 12.0. The van der Waals surface area contributed by atoms with Gasteiger partial charge in [-0.2, -0.15) is 0 Å². The number of amides is 2. The van der Waals surface area contributed by atoms with E-state index in [1.54, 1.807) is 4.90 Å². The van der Waals surface area contributed by atoms with Crippen molar-refractivity contribution in [1.82, 2.24) is 9.88 Å². The van der Waals surface area contributed by atoms with Crippen LogP contribution in [0.15, 0.2) is 35.7 Å². The largest absolute Gasteiger partial charge is 0.333 e. The van der Waals surface area contributed by atoms with E-state index in [9.17, 15) is 9.59 Å². The number of carbonyl (C=O) groups excluding carboxylic acids is 2. The van der Waals surface area contributed by atoms with Crippen LogP contribution < -0.4 is 5.32 Å². The summed E-state index contributed by atoms with van der Waals surface area (Å²) in [5.41, 5.74) is 1.85. The van der Waals surface area contributed by atoms with Gasteiger partial charge in [-0.05, 0) is 12.8 Å². The first-order valence-electron chi connectivity index (χ1n) is 8.64. The molecule has 134 valence electrons. The summed E-state index contributed by atoms with van der Waals surface area (Å²) in [5, 5.41) is 5.28. The van der Waals surface area contributed by atoms with Crippen LogP contribution in [0, 0.1) is 5.92 Å². The molecule has 6 heteroatoms. The average molecular weight is 359 g/mol. The number of hydrogen-bond donors (Lipinski definition) is 1. The molecule has 0 aliphatic rings. The van der Waals surface area contributed by atoms with E-state index in [1.165, 1.54) is 11.3 Å². The van der Waals surface area contributed by atoms with Crippen molar-refractivity contribution in [3.05, 3.63) is 35.7 Å². The Balaban J connectivity index is 1.99. The van der Waals surface area contributed by atoms with Crippen LogP contribution in [-0.2, 0) is 9.59 Å². The zero-order valence-electron chi connectivity index (χ0n) is 15.0. The molecule has 2 amide bonds. The van der Waals surface area contributed by atoms with Crippen molar-refractivity contribution in [1.29, 1.82) is 0 Å². The molecule has 5 nitrogen and oxygen atoms in total. The van der Waals surface area contributed by atoms with Gasteiger partial charge in [0, 0.05) is 23.4 Å². The summed E-state index contributed by atoms with van der Waals surface area (Å²) in [4.78, 5) is 30.8. The second-order valence-corrected chi connectivity index (χ2v) is 6.88. The molecule has 1 aromatic carbocycles. The number of rotatable bonds is 8. The van der Waals surface area contributed by atoms with Gasteiger partial charge in [0.25, 0.3) is 0 Å². The fourth-order valence-corrected chi connectivity index (χ4v) is 3.16. The van der Waals surface area contributed by atoms with Crippen LogP contribution in [0.25, 0.3) is 11.3 Å². The first kappa shape index (κ1) is 19.1. The van der Waals surface area contributed by atoms with E-state index in [0.29, 0.717) is 11.7 Å². The van der Waals surface area contributed by atoms with Gasteiger partial charge in [-0.15, -0.1) is 11.3 Å². The molecule has 0 saturated heterocycles. The highest BCUT2D eigenvalue weighted by Gasteiger charge is 2.21. The van der Waals surface area contributed by atoms with E-state index in [0.717, 1.165) is 24.1 Å². The number of benzene rings is 1. The summed E-state index contributed by atoms with van der Waals surface area (Å²) < 4.78 is 0. The molecule has 0 saturated carbocycles. The highest BCUT2D eigenvalue weighted by molar-refractivity contribution is 7.14. The summed E-state index contributed by atoms with van der Waals surface area (Å²) in [6, 6.07) is 9.82. The van der Waals surface area contributed by atoms with Crippen molar-refractivity contribution in [2.75, 3.05) is 18.4 Å². The normalized spacial score (nSPS) is 11.8. The van der Waals surface area contributed by atoms with E-state index < -0.39 is 0 Å². The minimum Gasteiger partial charge on any atom is -0.333 e. The number of aromatic nitrogens is 1. The monoisotopic (exact) mass is 359 g/mol. The molecule has 0 fully saturated rings. The topological polar surface area (TPSA) is 62.3 Å². The highest BCUT2D eigenvalue weighted by atomic mass is 32.1. The van der Waals surface area contributed by atoms with Gasteiger partial charge in [0.15, 0.2) is 5.13 Å². The Hall–Kier alpha value is -2.21. The maximum atomic E-state index is 12.4. The van der Waals surface area contributed by atoms with Crippen molar-refractivity contribution < 1.29 is 9.59 Å². The van der Waals surface area contributed by atoms with Crippen LogP contribution in [0.2, 0.25) is 0 Å². The molecule has 2 rings (SSSR count). The summed E-state index contributed by atoms with van der Waals surface area (Å²) in [6.45, 7) is 6.53. The van der Waals surface area contributed by atoms with E-state index in [1.807, 2.05) is 56.5 Å². The van der Waals surface area contributed by atoms with Crippen molar-refractivity contribution in [2.24, 2.45) is 5.92 Å². The molecule has 1 unspecified atom stereocenters. The predicted octanol–water partition coefficient (Wildman–Crippen LogP) is 4.03. The van der Waals surface area contributed by atoms with Crippen molar-refractivity contribution in [2.45, 2.75) is 33.6 Å². The fourth-order valence-electron chi connectivity index (χ4n) is 2.43. The molecule has 0 radical (unpaired) electrons. The molecule has 1 atom stereocenters. The van der Waals surface area contributed by atoms with E-state index in [4.69, 9.17) is 0 Å². The standard InChI is InChI=1S/C19H25N3O2S/c1-4-11-22(18(24)14(3)5-2)12-17(23)21-19-20-16(13-25-19)15-9-7-6-8-10-15/h6-10,13-14H,4-5,11-12H2,1-3H3,(H,20,21,23). The molecular formula is C19H25N3O2S. The maximum Gasteiger partial charge on any atom is 0.245 e. The number of anilines is 1. The minimum atomic E-state index is -0.209. The molecule has 0 spiro atoms. The average Bonchev–Trinajstić information content (AvgIpc) is 3.09. The van der Waals surface area contributed by atoms with Gasteiger partial charge in [0.1, 0.15) is 0 Å². The maximum absolute atomic E-state index is 12.4. The molecule has 0 aliphatic heterocycles. The summed E-state index contributed by atoms with van der Waals surface area (Å²) in [7, 11) is 0. The van der Waals surface area contributed by atoms with Crippen LogP contribution in [-0.4, -0.2) is 34.8 Å². The number of nitrogens with one attached hydrogen (secondary N) is 1. The second kappa shape index (κ2) is 9.32. The van der Waals surface area contributed by atoms with Crippen LogP contribution in [0.3, 0.4) is 0 Å². The number of carbonyl (C=O) groups is 2. The molecular weight excluding hydrogens is 334 g/mol. The summed E-state index contributed by atoms with van der Waals surface area (Å²) >= 11 is 1.39. The lowest BCUT2D eigenvalue weighted by Gasteiger charge is -2.24. The SMILES string of the molecule is CCCN(CC(=O)Nc1nc(-c2ccccc2)cs1)C(=O)C(C)CC. The van der Waals surface area contributed by atoms with E-state index >= 15 is 0 Å². The second-order valence-electron chi connectivity index (χ2n) is 6.02. The van der Waals surface area contributed by atoms with Gasteiger partial charge in [-0.25, -0.2) is 4.98 Å². The highest BCUT2D eigenvalue weighted by Crippen LogP contribution is 2.24. The predicted molar refractivity (Wildman–Crippen MR) is 103 cm³/mol. The van der Waals surface area contributed by atoms with Crippen LogP contribution in [0.4, 0.5) is 5.13 Å². The number of hydrogen-bond acceptors (Lipinski definition) is 4. The van der Waals surface area contributed by atoms with Gasteiger partial charge >= 0.3 is 0 Å². The lowest BCUT2D eigenvalue weighted by atomic mass is 10.1. The smallest absolute Gasteiger partial charge is 0.245 e. The molecule has 0 bridgehead atoms. The van der Waals surface area contributed by atoms with Gasteiger partial charge in [-0.3, -0.25) is 9.59 Å². The Morgan fingerprint density at radius 1 is 1.24 bits per heavy atom. The summed E-state index contributed by atoms with van der Waals surface area (Å²) in [5.74, 6) is -0.244. The van der Waals surface area contributed by atoms with E-state index in [2.05, 4.69) is 10.3 Å². The number of nitrogens with zero attached hydrogens (tertiary/aromatic N) is 2. The number of thiazole rings is 1. The Morgan fingerprint density at radius 3 is 2.60 bits per heavy atom. The van der Waals surface area contributed by atoms with Crippen LogP contribution in [0.1, 0.15) is 33.6 Å². The van der Waals surface area contributed by atoms with Crippen LogP contribution >= 0.6 is 11.3 Å². The van der Waals surface area contributed by atoms with Crippen molar-refractivity contribution in [3.63, 3.8) is 0 Å². The third-order valence-corrected chi connectivity index (χ3v) is 4.75. The minimum absolute atomic E-state index is 0.0311. The Labute approximate surface area is 153 Å². The Kier molecular flexibility index (Phi) is 7.13. The van der Waals surface area contributed by atoms with Gasteiger partial charge in [-0.1, -0.05) is 51.1 Å².